The molecule has 4 rings (SSSR count). The summed E-state index contributed by atoms with van der Waals surface area (Å²) < 4.78 is 10.9. The number of nitrogens with one attached hydrogen (secondary N) is 1. The van der Waals surface area contributed by atoms with Crippen LogP contribution in [0, 0.1) is 13.8 Å². The van der Waals surface area contributed by atoms with Crippen LogP contribution in [0.4, 0.5) is 5.69 Å². The molecule has 146 valence electrons. The van der Waals surface area contributed by atoms with Gasteiger partial charge in [0.05, 0.1) is 12.7 Å². The Balaban J connectivity index is 1.68. The fourth-order valence-electron chi connectivity index (χ4n) is 3.44. The molecular weight excluding hydrogens is 362 g/mol. The van der Waals surface area contributed by atoms with Crippen molar-refractivity contribution in [3.05, 3.63) is 93.8 Å². The molecule has 0 aliphatic carbocycles. The smallest absolute Gasteiger partial charge is 0.344 e. The monoisotopic (exact) mass is 385 g/mol. The molecule has 1 N–H and O–H groups in total. The van der Waals surface area contributed by atoms with E-state index in [0.717, 1.165) is 33.5 Å². The summed E-state index contributed by atoms with van der Waals surface area (Å²) in [5.74, 6) is 0.749. The zero-order chi connectivity index (χ0) is 20.4. The highest BCUT2D eigenvalue weighted by Crippen LogP contribution is 2.26. The third kappa shape index (κ3) is 4.02. The van der Waals surface area contributed by atoms with Crippen molar-refractivity contribution in [3.63, 3.8) is 0 Å². The zero-order valence-electron chi connectivity index (χ0n) is 16.8. The van der Waals surface area contributed by atoms with E-state index in [1.165, 1.54) is 5.56 Å². The minimum atomic E-state index is -0.337. The molecule has 4 nitrogen and oxygen atoms in total. The second-order valence-corrected chi connectivity index (χ2v) is 7.23. The topological polar surface area (TPSA) is 51.5 Å². The van der Waals surface area contributed by atoms with Gasteiger partial charge in [0, 0.05) is 17.6 Å². The number of methoxy groups -OCH3 is 1. The summed E-state index contributed by atoms with van der Waals surface area (Å²) in [5, 5.41) is 4.36. The van der Waals surface area contributed by atoms with Crippen LogP contribution in [0.15, 0.2) is 75.9 Å². The lowest BCUT2D eigenvalue weighted by Gasteiger charge is -2.10. The quantitative estimate of drug-likeness (QED) is 0.448. The molecule has 1 heterocycles. The fourth-order valence-corrected chi connectivity index (χ4v) is 3.44. The Morgan fingerprint density at radius 1 is 0.931 bits per heavy atom. The number of benzene rings is 3. The van der Waals surface area contributed by atoms with E-state index in [0.29, 0.717) is 17.7 Å². The van der Waals surface area contributed by atoms with Gasteiger partial charge in [-0.15, -0.1) is 0 Å². The normalized spacial score (nSPS) is 10.9. The number of anilines is 1. The molecule has 0 atom stereocenters. The average Bonchev–Trinajstić information content (AvgIpc) is 2.74. The maximum Gasteiger partial charge on any atom is 0.344 e. The summed E-state index contributed by atoms with van der Waals surface area (Å²) >= 11 is 0. The van der Waals surface area contributed by atoms with E-state index in [1.807, 2.05) is 37.3 Å². The third-order valence-corrected chi connectivity index (χ3v) is 5.03. The van der Waals surface area contributed by atoms with E-state index in [-0.39, 0.29) is 5.63 Å². The molecule has 3 aromatic carbocycles. The van der Waals surface area contributed by atoms with Crippen LogP contribution >= 0.6 is 0 Å². The van der Waals surface area contributed by atoms with Crippen LogP contribution in [0.5, 0.6) is 5.75 Å². The van der Waals surface area contributed by atoms with Crippen molar-refractivity contribution < 1.29 is 9.15 Å². The highest BCUT2D eigenvalue weighted by molar-refractivity contribution is 5.84. The highest BCUT2D eigenvalue weighted by Gasteiger charge is 2.11. The van der Waals surface area contributed by atoms with E-state index in [4.69, 9.17) is 9.15 Å². The molecule has 0 radical (unpaired) electrons. The van der Waals surface area contributed by atoms with E-state index in [1.54, 1.807) is 7.11 Å². The van der Waals surface area contributed by atoms with Crippen molar-refractivity contribution in [2.45, 2.75) is 20.4 Å². The Morgan fingerprint density at radius 3 is 2.34 bits per heavy atom. The van der Waals surface area contributed by atoms with E-state index in [2.05, 4.69) is 48.6 Å². The molecule has 0 spiro atoms. The van der Waals surface area contributed by atoms with E-state index < -0.39 is 0 Å². The van der Waals surface area contributed by atoms with Crippen LogP contribution in [0.3, 0.4) is 0 Å². The Kier molecular flexibility index (Phi) is 5.09. The predicted molar refractivity (Wildman–Crippen MR) is 118 cm³/mol. The van der Waals surface area contributed by atoms with Gasteiger partial charge in [-0.05, 0) is 66.9 Å². The first kappa shape index (κ1) is 18.8. The lowest BCUT2D eigenvalue weighted by Crippen LogP contribution is -2.05. The summed E-state index contributed by atoms with van der Waals surface area (Å²) in [4.78, 5) is 12.6. The van der Waals surface area contributed by atoms with Crippen LogP contribution in [0.2, 0.25) is 0 Å². The second kappa shape index (κ2) is 7.84. The standard InChI is InChI=1S/C25H23NO3/c1-16-4-8-21(9-5-16)26-15-18-12-17(2)24-20(13-18)14-23(25(27)29-24)19-6-10-22(28-3)11-7-19/h4-14,26H,15H2,1-3H3. The maximum absolute atomic E-state index is 12.6. The molecule has 0 saturated carbocycles. The van der Waals surface area contributed by atoms with Gasteiger partial charge in [0.1, 0.15) is 11.3 Å². The highest BCUT2D eigenvalue weighted by atomic mass is 16.5. The van der Waals surface area contributed by atoms with Gasteiger partial charge in [-0.25, -0.2) is 4.79 Å². The van der Waals surface area contributed by atoms with Crippen LogP contribution in [-0.2, 0) is 6.54 Å². The first-order chi connectivity index (χ1) is 14.0. The average molecular weight is 385 g/mol. The summed E-state index contributed by atoms with van der Waals surface area (Å²) in [6, 6.07) is 21.8. The molecule has 4 heteroatoms. The number of fused-ring (bicyclic) bond motifs is 1. The number of rotatable bonds is 5. The van der Waals surface area contributed by atoms with Gasteiger partial charge in [-0.1, -0.05) is 35.9 Å². The fraction of sp³-hybridized carbons (Fsp3) is 0.160. The van der Waals surface area contributed by atoms with Gasteiger partial charge in [-0.3, -0.25) is 0 Å². The van der Waals surface area contributed by atoms with Gasteiger partial charge in [0.15, 0.2) is 0 Å². The van der Waals surface area contributed by atoms with Crippen LogP contribution in [0.25, 0.3) is 22.1 Å². The van der Waals surface area contributed by atoms with Crippen molar-refractivity contribution in [2.24, 2.45) is 0 Å². The first-order valence-corrected chi connectivity index (χ1v) is 9.56. The minimum absolute atomic E-state index is 0.337. The molecule has 4 aromatic rings. The molecule has 0 bridgehead atoms. The molecule has 0 aliphatic rings. The summed E-state index contributed by atoms with van der Waals surface area (Å²) in [6.45, 7) is 4.73. The lowest BCUT2D eigenvalue weighted by atomic mass is 10.0. The zero-order valence-corrected chi connectivity index (χ0v) is 16.8. The van der Waals surface area contributed by atoms with Gasteiger partial charge in [0.2, 0.25) is 0 Å². The van der Waals surface area contributed by atoms with Crippen LogP contribution < -0.4 is 15.7 Å². The summed E-state index contributed by atoms with van der Waals surface area (Å²) in [5.41, 5.74) is 6.03. The van der Waals surface area contributed by atoms with Crippen LogP contribution in [0.1, 0.15) is 16.7 Å². The lowest BCUT2D eigenvalue weighted by molar-refractivity contribution is 0.415. The van der Waals surface area contributed by atoms with E-state index >= 15 is 0 Å². The Morgan fingerprint density at radius 2 is 1.66 bits per heavy atom. The van der Waals surface area contributed by atoms with Gasteiger partial charge in [-0.2, -0.15) is 0 Å². The van der Waals surface area contributed by atoms with Gasteiger partial charge in [0.25, 0.3) is 0 Å². The molecule has 1 aromatic heterocycles. The molecule has 0 saturated heterocycles. The van der Waals surface area contributed by atoms with Crippen LogP contribution in [-0.4, -0.2) is 7.11 Å². The predicted octanol–water partition coefficient (Wildman–Crippen LogP) is 5.70. The van der Waals surface area contributed by atoms with E-state index in [9.17, 15) is 4.79 Å². The Bertz CT molecular complexity index is 1210. The summed E-state index contributed by atoms with van der Waals surface area (Å²) in [7, 11) is 1.62. The third-order valence-electron chi connectivity index (χ3n) is 5.03. The van der Waals surface area contributed by atoms with Crippen molar-refractivity contribution in [1.29, 1.82) is 0 Å². The molecule has 0 fully saturated rings. The van der Waals surface area contributed by atoms with Gasteiger partial charge >= 0.3 is 5.63 Å². The van der Waals surface area contributed by atoms with Crippen molar-refractivity contribution in [3.8, 4) is 16.9 Å². The summed E-state index contributed by atoms with van der Waals surface area (Å²) in [6.07, 6.45) is 0. The SMILES string of the molecule is COc1ccc(-c2cc3cc(CNc4ccc(C)cc4)cc(C)c3oc2=O)cc1. The maximum atomic E-state index is 12.6. The van der Waals surface area contributed by atoms with Crippen molar-refractivity contribution in [1.82, 2.24) is 0 Å². The Hall–Kier alpha value is -3.53. The number of hydrogen-bond donors (Lipinski definition) is 1. The molecule has 0 unspecified atom stereocenters. The number of ether oxygens (including phenoxy) is 1. The van der Waals surface area contributed by atoms with Crippen molar-refractivity contribution in [2.75, 3.05) is 12.4 Å². The second-order valence-electron chi connectivity index (χ2n) is 7.23. The first-order valence-electron chi connectivity index (χ1n) is 9.56. The molecule has 29 heavy (non-hydrogen) atoms. The molecule has 0 aliphatic heterocycles. The molecular formula is C25H23NO3. The van der Waals surface area contributed by atoms with Gasteiger partial charge < -0.3 is 14.5 Å². The van der Waals surface area contributed by atoms with Crippen molar-refractivity contribution >= 4 is 16.7 Å². The Labute approximate surface area is 169 Å². The largest absolute Gasteiger partial charge is 0.497 e. The number of hydrogen-bond acceptors (Lipinski definition) is 4. The minimum Gasteiger partial charge on any atom is -0.497 e. The number of aryl methyl sites for hydroxylation is 2. The molecule has 0 amide bonds.